The number of likely N-dealkylation sites (tertiary alicyclic amines) is 1. The van der Waals surface area contributed by atoms with Crippen LogP contribution in [0.4, 0.5) is 4.79 Å². The minimum atomic E-state index is -0.331. The minimum Gasteiger partial charge on any atom is -0.447 e. The van der Waals surface area contributed by atoms with Crippen molar-refractivity contribution in [3.63, 3.8) is 0 Å². The predicted octanol–water partition coefficient (Wildman–Crippen LogP) is 1.91. The Bertz CT molecular complexity index is 548. The van der Waals surface area contributed by atoms with Gasteiger partial charge in [-0.2, -0.15) is 0 Å². The Kier molecular flexibility index (Phi) is 2.28. The molecular formula is C17H24N2O3. The lowest BCUT2D eigenvalue weighted by Gasteiger charge is -2.61. The molecule has 0 aromatic rings. The summed E-state index contributed by atoms with van der Waals surface area (Å²) < 4.78 is 4.97. The number of carbonyl (C=O) groups excluding carboxylic acids is 2. The predicted molar refractivity (Wildman–Crippen MR) is 79.0 cm³/mol. The average Bonchev–Trinajstić information content (AvgIpc) is 2.94. The zero-order valence-corrected chi connectivity index (χ0v) is 13.2. The van der Waals surface area contributed by atoms with Gasteiger partial charge in [0.05, 0.1) is 5.54 Å². The first-order valence-electron chi connectivity index (χ1n) is 8.65. The number of amides is 2. The van der Waals surface area contributed by atoms with Crippen LogP contribution < -0.4 is 5.32 Å². The van der Waals surface area contributed by atoms with Gasteiger partial charge in [0.15, 0.2) is 0 Å². The Morgan fingerprint density at radius 3 is 2.45 bits per heavy atom. The monoisotopic (exact) mass is 304 g/mol. The fourth-order valence-corrected chi connectivity index (χ4v) is 5.29. The Balaban J connectivity index is 1.12. The Morgan fingerprint density at radius 1 is 1.23 bits per heavy atom. The minimum absolute atomic E-state index is 0.0937. The van der Waals surface area contributed by atoms with E-state index < -0.39 is 0 Å². The second kappa shape index (κ2) is 3.80. The quantitative estimate of drug-likeness (QED) is 0.848. The van der Waals surface area contributed by atoms with E-state index in [2.05, 4.69) is 17.1 Å². The highest BCUT2D eigenvalue weighted by atomic mass is 16.6. The van der Waals surface area contributed by atoms with Gasteiger partial charge in [0.2, 0.25) is 5.91 Å². The summed E-state index contributed by atoms with van der Waals surface area (Å²) in [5, 5.41) is 2.86. The zero-order valence-electron chi connectivity index (χ0n) is 13.2. The summed E-state index contributed by atoms with van der Waals surface area (Å²) in [7, 11) is 0. The molecule has 0 unspecified atom stereocenters. The summed E-state index contributed by atoms with van der Waals surface area (Å²) in [6.07, 6.45) is 6.67. The number of alkyl carbamates (subject to hydrolysis) is 1. The van der Waals surface area contributed by atoms with Gasteiger partial charge in [-0.15, -0.1) is 0 Å². The zero-order chi connectivity index (χ0) is 15.2. The summed E-state index contributed by atoms with van der Waals surface area (Å²) in [4.78, 5) is 25.7. The molecule has 2 saturated heterocycles. The summed E-state index contributed by atoms with van der Waals surface area (Å²) >= 11 is 0. The Morgan fingerprint density at radius 2 is 1.91 bits per heavy atom. The van der Waals surface area contributed by atoms with Crippen LogP contribution in [0.2, 0.25) is 0 Å². The van der Waals surface area contributed by atoms with E-state index in [-0.39, 0.29) is 17.6 Å². The number of nitrogens with one attached hydrogen (secondary N) is 1. The summed E-state index contributed by atoms with van der Waals surface area (Å²) in [5.74, 6) is 1.32. The summed E-state index contributed by atoms with van der Waals surface area (Å²) in [6, 6.07) is 0. The number of rotatable bonds is 2. The fraction of sp³-hybridized carbons (Fsp3) is 0.882. The normalized spacial score (nSPS) is 36.1. The van der Waals surface area contributed by atoms with Gasteiger partial charge in [-0.25, -0.2) is 4.79 Å². The van der Waals surface area contributed by atoms with Crippen molar-refractivity contribution in [2.75, 3.05) is 19.7 Å². The molecule has 5 fully saturated rings. The number of hydrogen-bond acceptors (Lipinski definition) is 3. The Labute approximate surface area is 130 Å². The van der Waals surface area contributed by atoms with Gasteiger partial charge in [0, 0.05) is 24.4 Å². The lowest BCUT2D eigenvalue weighted by Crippen LogP contribution is -2.67. The maximum atomic E-state index is 12.5. The highest BCUT2D eigenvalue weighted by Crippen LogP contribution is 2.65. The lowest BCUT2D eigenvalue weighted by atomic mass is 9.53. The molecule has 0 bridgehead atoms. The highest BCUT2D eigenvalue weighted by molar-refractivity contribution is 5.82. The van der Waals surface area contributed by atoms with E-state index in [1.54, 1.807) is 0 Å². The molecule has 5 nitrogen and oxygen atoms in total. The van der Waals surface area contributed by atoms with Crippen molar-refractivity contribution >= 4 is 12.0 Å². The van der Waals surface area contributed by atoms with Crippen molar-refractivity contribution in [2.24, 2.45) is 22.7 Å². The number of cyclic esters (lactones) is 1. The van der Waals surface area contributed by atoms with E-state index >= 15 is 0 Å². The third kappa shape index (κ3) is 1.71. The third-order valence-corrected chi connectivity index (χ3v) is 7.22. The molecule has 0 atom stereocenters. The van der Waals surface area contributed by atoms with E-state index in [0.29, 0.717) is 23.3 Å². The van der Waals surface area contributed by atoms with Crippen molar-refractivity contribution in [3.05, 3.63) is 0 Å². The maximum absolute atomic E-state index is 12.5. The molecule has 120 valence electrons. The number of carbonyl (C=O) groups is 2. The van der Waals surface area contributed by atoms with E-state index in [4.69, 9.17) is 4.74 Å². The van der Waals surface area contributed by atoms with Crippen LogP contribution in [-0.2, 0) is 9.53 Å². The van der Waals surface area contributed by atoms with E-state index in [0.717, 1.165) is 31.8 Å². The largest absolute Gasteiger partial charge is 0.447 e. The van der Waals surface area contributed by atoms with Crippen LogP contribution in [0.1, 0.15) is 45.4 Å². The molecule has 3 saturated carbocycles. The van der Waals surface area contributed by atoms with E-state index in [9.17, 15) is 9.59 Å². The number of hydrogen-bond donors (Lipinski definition) is 1. The first-order valence-corrected chi connectivity index (χ1v) is 8.65. The molecule has 0 aromatic heterocycles. The molecule has 22 heavy (non-hydrogen) atoms. The molecule has 5 rings (SSSR count). The first-order chi connectivity index (χ1) is 10.4. The van der Waals surface area contributed by atoms with Crippen molar-refractivity contribution in [2.45, 2.75) is 51.0 Å². The Hall–Kier alpha value is -1.26. The second-order valence-electron chi connectivity index (χ2n) is 9.04. The van der Waals surface area contributed by atoms with Crippen LogP contribution in [-0.4, -0.2) is 42.1 Å². The average molecular weight is 304 g/mol. The van der Waals surface area contributed by atoms with Crippen LogP contribution in [0.3, 0.4) is 0 Å². The highest BCUT2D eigenvalue weighted by Gasteiger charge is 2.62. The van der Waals surface area contributed by atoms with Gasteiger partial charge in [0.1, 0.15) is 6.61 Å². The lowest BCUT2D eigenvalue weighted by molar-refractivity contribution is -0.167. The molecule has 2 amide bonds. The van der Waals surface area contributed by atoms with E-state index in [1.807, 2.05) is 0 Å². The number of ether oxygens (including phenoxy) is 1. The van der Waals surface area contributed by atoms with Gasteiger partial charge >= 0.3 is 6.09 Å². The van der Waals surface area contributed by atoms with Crippen molar-refractivity contribution in [3.8, 4) is 0 Å². The summed E-state index contributed by atoms with van der Waals surface area (Å²) in [5.41, 5.74) is 0.886. The SMILES string of the molecule is CC1(C2CC3(C2)CN(C(=O)C2CC4(COC(=O)N4)C2)C3)CC1. The second-order valence-corrected chi connectivity index (χ2v) is 9.04. The number of nitrogens with zero attached hydrogens (tertiary/aromatic N) is 1. The van der Waals surface area contributed by atoms with Crippen LogP contribution in [0.5, 0.6) is 0 Å². The van der Waals surface area contributed by atoms with Crippen molar-refractivity contribution in [1.82, 2.24) is 10.2 Å². The molecule has 2 aliphatic heterocycles. The van der Waals surface area contributed by atoms with Crippen LogP contribution in [0, 0.1) is 22.7 Å². The first kappa shape index (κ1) is 13.2. The molecular weight excluding hydrogens is 280 g/mol. The van der Waals surface area contributed by atoms with Gasteiger partial charge < -0.3 is 15.0 Å². The van der Waals surface area contributed by atoms with Crippen LogP contribution >= 0.6 is 0 Å². The summed E-state index contributed by atoms with van der Waals surface area (Å²) in [6.45, 7) is 4.81. The molecule has 2 spiro atoms. The standard InChI is InChI=1S/C17H24N2O3/c1-15(2-3-15)12-6-16(7-12)8-19(9-16)13(20)11-4-17(5-11)10-22-14(21)18-17/h11-12H,2-10H2,1H3,(H,18,21). The third-order valence-electron chi connectivity index (χ3n) is 7.22. The van der Waals surface area contributed by atoms with Gasteiger partial charge in [-0.1, -0.05) is 6.92 Å². The fourth-order valence-electron chi connectivity index (χ4n) is 5.29. The van der Waals surface area contributed by atoms with Gasteiger partial charge in [-0.3, -0.25) is 4.79 Å². The molecule has 0 aromatic carbocycles. The van der Waals surface area contributed by atoms with Gasteiger partial charge in [0.25, 0.3) is 0 Å². The molecule has 0 radical (unpaired) electrons. The van der Waals surface area contributed by atoms with Crippen molar-refractivity contribution in [1.29, 1.82) is 0 Å². The van der Waals surface area contributed by atoms with Gasteiger partial charge in [-0.05, 0) is 49.9 Å². The maximum Gasteiger partial charge on any atom is 0.407 e. The van der Waals surface area contributed by atoms with Crippen LogP contribution in [0.25, 0.3) is 0 Å². The smallest absolute Gasteiger partial charge is 0.407 e. The molecule has 5 heteroatoms. The molecule has 5 aliphatic rings. The van der Waals surface area contributed by atoms with Crippen molar-refractivity contribution < 1.29 is 14.3 Å². The molecule has 3 aliphatic carbocycles. The van der Waals surface area contributed by atoms with Crippen LogP contribution in [0.15, 0.2) is 0 Å². The molecule has 1 N–H and O–H groups in total. The molecule has 2 heterocycles. The topological polar surface area (TPSA) is 58.6 Å². The van der Waals surface area contributed by atoms with E-state index in [1.165, 1.54) is 25.7 Å².